The quantitative estimate of drug-likeness (QED) is 0.167. The number of aryl methyl sites for hydroxylation is 3. The lowest BCUT2D eigenvalue weighted by Crippen LogP contribution is -2.43. The van der Waals surface area contributed by atoms with Crippen molar-refractivity contribution in [3.05, 3.63) is 135 Å². The van der Waals surface area contributed by atoms with E-state index in [2.05, 4.69) is 10.3 Å². The first kappa shape index (κ1) is 34.0. The largest absolute Gasteiger partial charge is 0.480 e. The molecule has 0 aliphatic carbocycles. The third kappa shape index (κ3) is 5.86. The number of aromatic nitrogens is 2. The van der Waals surface area contributed by atoms with Crippen LogP contribution in [0.15, 0.2) is 89.9 Å². The molecule has 0 aliphatic rings. The molecule has 0 fully saturated rings. The van der Waals surface area contributed by atoms with E-state index in [0.29, 0.717) is 27.8 Å². The molecule has 4 aromatic carbocycles. The molecule has 50 heavy (non-hydrogen) atoms. The molecule has 2 aromatic heterocycles. The zero-order valence-electron chi connectivity index (χ0n) is 26.8. The number of nitrogens with one attached hydrogen (secondary N) is 1. The second-order valence-electron chi connectivity index (χ2n) is 11.9. The first-order valence-corrected chi connectivity index (χ1v) is 15.3. The highest BCUT2D eigenvalue weighted by atomic mass is 19.4. The molecule has 0 aliphatic heterocycles. The SMILES string of the molecule is Cc1ccnc(C)c1-c1ccc(F)c(C(=O)N[C@@H](Cc2cccc3c(-c4c(C(F)(F)F)c5ccccc5n(C)c4=O)cccc23)C(=O)O)c1F. The van der Waals surface area contributed by atoms with E-state index < -0.39 is 64.4 Å². The Morgan fingerprint density at radius 2 is 1.54 bits per heavy atom. The predicted octanol–water partition coefficient (Wildman–Crippen LogP) is 7.76. The normalized spacial score (nSPS) is 12.3. The number of carbonyl (C=O) groups excluding carboxylic acids is 1. The molecule has 6 aromatic rings. The molecule has 0 spiro atoms. The number of halogens is 5. The molecule has 0 bridgehead atoms. The number of carbonyl (C=O) groups is 2. The van der Waals surface area contributed by atoms with Gasteiger partial charge in [0.1, 0.15) is 23.2 Å². The van der Waals surface area contributed by atoms with Crippen molar-refractivity contribution in [1.82, 2.24) is 14.9 Å². The fourth-order valence-electron chi connectivity index (χ4n) is 6.52. The van der Waals surface area contributed by atoms with Crippen LogP contribution in [0.4, 0.5) is 22.0 Å². The van der Waals surface area contributed by atoms with Gasteiger partial charge in [0.05, 0.1) is 16.6 Å². The summed E-state index contributed by atoms with van der Waals surface area (Å²) in [5.41, 5.74) is -1.86. The van der Waals surface area contributed by atoms with Crippen LogP contribution in [-0.4, -0.2) is 32.6 Å². The van der Waals surface area contributed by atoms with E-state index in [0.717, 1.165) is 10.6 Å². The number of carboxylic acids is 1. The number of benzene rings is 4. The standard InChI is InChI=1S/C38H28F5N3O4/c1-19-16-17-44-20(2)30(19)26-14-15-27(39)32(34(26)40)35(47)45-28(37(49)50)18-21-8-6-11-23-22(21)10-7-12-24(23)31-33(38(41,42)43)25-9-4-5-13-29(25)46(3)36(31)48/h4-17,28H,18H2,1-3H3,(H,45,47)(H,49,50)/t28-/m0/s1. The van der Waals surface area contributed by atoms with Gasteiger partial charge in [-0.05, 0) is 65.6 Å². The van der Waals surface area contributed by atoms with Gasteiger partial charge in [0.25, 0.3) is 11.5 Å². The van der Waals surface area contributed by atoms with Gasteiger partial charge in [-0.25, -0.2) is 13.6 Å². The van der Waals surface area contributed by atoms with Crippen LogP contribution < -0.4 is 10.9 Å². The van der Waals surface area contributed by atoms with Gasteiger partial charge in [-0.3, -0.25) is 14.6 Å². The summed E-state index contributed by atoms with van der Waals surface area (Å²) in [5, 5.41) is 12.7. The van der Waals surface area contributed by atoms with Gasteiger partial charge in [0.2, 0.25) is 0 Å². The monoisotopic (exact) mass is 685 g/mol. The van der Waals surface area contributed by atoms with Crippen molar-refractivity contribution >= 4 is 33.6 Å². The Labute approximate surface area is 281 Å². The number of rotatable bonds is 7. The maximum absolute atomic E-state index is 15.8. The maximum Gasteiger partial charge on any atom is 0.417 e. The van der Waals surface area contributed by atoms with E-state index in [-0.39, 0.29) is 27.4 Å². The van der Waals surface area contributed by atoms with Crippen molar-refractivity contribution in [2.75, 3.05) is 0 Å². The average molecular weight is 686 g/mol. The smallest absolute Gasteiger partial charge is 0.417 e. The number of nitrogens with zero attached hydrogens (tertiary/aromatic N) is 2. The zero-order valence-corrected chi connectivity index (χ0v) is 26.8. The lowest BCUT2D eigenvalue weighted by Gasteiger charge is -2.20. The van der Waals surface area contributed by atoms with Crippen LogP contribution in [0.5, 0.6) is 0 Å². The second kappa shape index (κ2) is 12.8. The number of amides is 1. The van der Waals surface area contributed by atoms with Crippen molar-refractivity contribution in [3.63, 3.8) is 0 Å². The van der Waals surface area contributed by atoms with Gasteiger partial charge in [0, 0.05) is 41.9 Å². The van der Waals surface area contributed by atoms with Crippen molar-refractivity contribution in [2.24, 2.45) is 7.05 Å². The number of alkyl halides is 3. The summed E-state index contributed by atoms with van der Waals surface area (Å²) in [6.07, 6.45) is -3.79. The minimum Gasteiger partial charge on any atom is -0.480 e. The average Bonchev–Trinajstić information content (AvgIpc) is 3.06. The van der Waals surface area contributed by atoms with Crippen LogP contribution >= 0.6 is 0 Å². The summed E-state index contributed by atoms with van der Waals surface area (Å²) >= 11 is 0. The van der Waals surface area contributed by atoms with Gasteiger partial charge in [-0.1, -0.05) is 54.6 Å². The van der Waals surface area contributed by atoms with E-state index in [1.54, 1.807) is 26.0 Å². The number of fused-ring (bicyclic) bond motifs is 2. The number of hydrogen-bond donors (Lipinski definition) is 2. The molecule has 254 valence electrons. The highest BCUT2D eigenvalue weighted by Gasteiger charge is 2.38. The number of carboxylic acid groups (broad SMARTS) is 1. The van der Waals surface area contributed by atoms with Crippen LogP contribution in [-0.2, 0) is 24.4 Å². The van der Waals surface area contributed by atoms with Gasteiger partial charge in [-0.15, -0.1) is 0 Å². The van der Waals surface area contributed by atoms with Crippen LogP contribution in [0.25, 0.3) is 43.9 Å². The Morgan fingerprint density at radius 3 is 2.24 bits per heavy atom. The van der Waals surface area contributed by atoms with Crippen molar-refractivity contribution < 1.29 is 36.6 Å². The van der Waals surface area contributed by atoms with Gasteiger partial charge in [-0.2, -0.15) is 13.2 Å². The molecule has 7 nitrogen and oxygen atoms in total. The zero-order chi connectivity index (χ0) is 36.1. The second-order valence-corrected chi connectivity index (χ2v) is 11.9. The van der Waals surface area contributed by atoms with Gasteiger partial charge < -0.3 is 15.0 Å². The Kier molecular flexibility index (Phi) is 8.73. The van der Waals surface area contributed by atoms with E-state index in [1.807, 2.05) is 0 Å². The molecular weight excluding hydrogens is 657 g/mol. The molecule has 1 atom stereocenters. The van der Waals surface area contributed by atoms with Crippen LogP contribution in [0.2, 0.25) is 0 Å². The van der Waals surface area contributed by atoms with Crippen LogP contribution in [0, 0.1) is 25.5 Å². The molecule has 1 amide bonds. The minimum atomic E-state index is -4.91. The first-order valence-electron chi connectivity index (χ1n) is 15.3. The summed E-state index contributed by atoms with van der Waals surface area (Å²) in [4.78, 5) is 43.5. The summed E-state index contributed by atoms with van der Waals surface area (Å²) in [5.74, 6) is -5.24. The highest BCUT2D eigenvalue weighted by Crippen LogP contribution is 2.42. The molecular formula is C38H28F5N3O4. The Morgan fingerprint density at radius 1 is 0.860 bits per heavy atom. The number of aliphatic carboxylic acids is 1. The van der Waals surface area contributed by atoms with E-state index in [4.69, 9.17) is 0 Å². The lowest BCUT2D eigenvalue weighted by molar-refractivity contribution is -0.139. The van der Waals surface area contributed by atoms with Crippen LogP contribution in [0.1, 0.15) is 32.7 Å². The van der Waals surface area contributed by atoms with Crippen molar-refractivity contribution in [1.29, 1.82) is 0 Å². The fourth-order valence-corrected chi connectivity index (χ4v) is 6.52. The minimum absolute atomic E-state index is 0.0270. The molecule has 0 saturated carbocycles. The molecule has 0 unspecified atom stereocenters. The molecule has 12 heteroatoms. The number of pyridine rings is 2. The summed E-state index contributed by atoms with van der Waals surface area (Å²) < 4.78 is 76.0. The Bertz CT molecular complexity index is 2400. The molecule has 0 saturated heterocycles. The molecule has 2 N–H and O–H groups in total. The first-order chi connectivity index (χ1) is 23.7. The summed E-state index contributed by atoms with van der Waals surface area (Å²) in [7, 11) is 1.38. The van der Waals surface area contributed by atoms with Crippen LogP contribution in [0.3, 0.4) is 0 Å². The van der Waals surface area contributed by atoms with Crippen molar-refractivity contribution in [2.45, 2.75) is 32.5 Å². The summed E-state index contributed by atoms with van der Waals surface area (Å²) in [6.45, 7) is 3.33. The summed E-state index contributed by atoms with van der Waals surface area (Å²) in [6, 6.07) is 16.6. The maximum atomic E-state index is 15.8. The van der Waals surface area contributed by atoms with Gasteiger partial charge in [0.15, 0.2) is 0 Å². The molecule has 6 rings (SSSR count). The Balaban J connectivity index is 1.42. The molecule has 2 heterocycles. The lowest BCUT2D eigenvalue weighted by atomic mass is 9.90. The molecule has 0 radical (unpaired) electrons. The predicted molar refractivity (Wildman–Crippen MR) is 179 cm³/mol. The van der Waals surface area contributed by atoms with E-state index >= 15 is 4.39 Å². The van der Waals surface area contributed by atoms with Gasteiger partial charge >= 0.3 is 12.1 Å². The highest BCUT2D eigenvalue weighted by molar-refractivity contribution is 6.02. The van der Waals surface area contributed by atoms with Crippen molar-refractivity contribution in [3.8, 4) is 22.3 Å². The van der Waals surface area contributed by atoms with E-state index in [1.165, 1.54) is 73.9 Å². The number of para-hydroxylation sites is 1. The fraction of sp³-hybridized carbons (Fsp3) is 0.158. The number of hydrogen-bond acceptors (Lipinski definition) is 4. The van der Waals surface area contributed by atoms with E-state index in [9.17, 15) is 37.1 Å². The third-order valence-corrected chi connectivity index (χ3v) is 8.83. The topological polar surface area (TPSA) is 101 Å². The third-order valence-electron chi connectivity index (χ3n) is 8.83. The Hall–Kier alpha value is -5.91.